The molecule has 0 spiro atoms. The number of carboxylic acids is 1. The maximum absolute atomic E-state index is 12.0. The van der Waals surface area contributed by atoms with Crippen LogP contribution in [0.5, 0.6) is 0 Å². The standard InChI is InChI=1S/C10H13N3O5S/c1-11-8(14)6-13(2)19(17,18)9-4-3-7(5-12-9)10(15)16/h3-5H,6H2,1-2H3,(H,11,14)(H,15,16). The highest BCUT2D eigenvalue weighted by molar-refractivity contribution is 7.89. The minimum absolute atomic E-state index is 0.118. The first-order chi connectivity index (χ1) is 8.78. The number of amides is 1. The number of sulfonamides is 1. The van der Waals surface area contributed by atoms with Crippen LogP contribution in [0.15, 0.2) is 23.4 Å². The first-order valence-corrected chi connectivity index (χ1v) is 6.59. The molecule has 0 aromatic carbocycles. The summed E-state index contributed by atoms with van der Waals surface area (Å²) < 4.78 is 24.8. The molecule has 0 aliphatic rings. The molecular formula is C10H13N3O5S. The normalized spacial score (nSPS) is 11.3. The minimum atomic E-state index is -3.92. The molecular weight excluding hydrogens is 274 g/mol. The molecule has 0 fully saturated rings. The van der Waals surface area contributed by atoms with Crippen molar-refractivity contribution in [2.45, 2.75) is 5.03 Å². The number of carboxylic acid groups (broad SMARTS) is 1. The SMILES string of the molecule is CNC(=O)CN(C)S(=O)(=O)c1ccc(C(=O)O)cn1. The summed E-state index contributed by atoms with van der Waals surface area (Å²) in [6, 6.07) is 2.22. The summed E-state index contributed by atoms with van der Waals surface area (Å²) in [6.07, 6.45) is 0.947. The van der Waals surface area contributed by atoms with E-state index in [0.29, 0.717) is 0 Å². The monoisotopic (exact) mass is 287 g/mol. The van der Waals surface area contributed by atoms with E-state index in [0.717, 1.165) is 22.6 Å². The number of aromatic nitrogens is 1. The number of nitrogens with one attached hydrogen (secondary N) is 1. The Balaban J connectivity index is 3.00. The number of aromatic carboxylic acids is 1. The summed E-state index contributed by atoms with van der Waals surface area (Å²) in [5.74, 6) is -1.66. The van der Waals surface area contributed by atoms with Crippen LogP contribution in [0.25, 0.3) is 0 Å². The maximum atomic E-state index is 12.0. The predicted octanol–water partition coefficient (Wildman–Crippen LogP) is -0.854. The Morgan fingerprint density at radius 3 is 2.47 bits per heavy atom. The van der Waals surface area contributed by atoms with Crippen molar-refractivity contribution in [3.8, 4) is 0 Å². The van der Waals surface area contributed by atoms with Crippen LogP contribution in [0.4, 0.5) is 0 Å². The summed E-state index contributed by atoms with van der Waals surface area (Å²) in [6.45, 7) is -0.346. The average molecular weight is 287 g/mol. The van der Waals surface area contributed by atoms with Crippen molar-refractivity contribution in [3.05, 3.63) is 23.9 Å². The Morgan fingerprint density at radius 1 is 1.42 bits per heavy atom. The third kappa shape index (κ3) is 3.48. The summed E-state index contributed by atoms with van der Waals surface area (Å²) >= 11 is 0. The zero-order chi connectivity index (χ0) is 14.6. The van der Waals surface area contributed by atoms with Crippen LogP contribution in [0.2, 0.25) is 0 Å². The molecule has 1 aromatic heterocycles. The number of hydrogen-bond acceptors (Lipinski definition) is 5. The van der Waals surface area contributed by atoms with Gasteiger partial charge in [0, 0.05) is 20.3 Å². The van der Waals surface area contributed by atoms with Crippen LogP contribution in [-0.4, -0.2) is 55.3 Å². The number of carbonyl (C=O) groups is 2. The number of pyridine rings is 1. The topological polar surface area (TPSA) is 117 Å². The quantitative estimate of drug-likeness (QED) is 0.728. The van der Waals surface area contributed by atoms with Crippen molar-refractivity contribution in [1.29, 1.82) is 0 Å². The molecule has 0 saturated carbocycles. The van der Waals surface area contributed by atoms with Crippen LogP contribution >= 0.6 is 0 Å². The highest BCUT2D eigenvalue weighted by Crippen LogP contribution is 2.11. The van der Waals surface area contributed by atoms with E-state index in [9.17, 15) is 18.0 Å². The molecule has 8 nitrogen and oxygen atoms in total. The van der Waals surface area contributed by atoms with Crippen molar-refractivity contribution < 1.29 is 23.1 Å². The Morgan fingerprint density at radius 2 is 2.05 bits per heavy atom. The zero-order valence-electron chi connectivity index (χ0n) is 10.3. The molecule has 0 radical (unpaired) electrons. The second-order valence-corrected chi connectivity index (χ2v) is 5.62. The fourth-order valence-corrected chi connectivity index (χ4v) is 2.22. The Hall–Kier alpha value is -2.00. The lowest BCUT2D eigenvalue weighted by Crippen LogP contribution is -2.37. The molecule has 1 heterocycles. The summed E-state index contributed by atoms with van der Waals surface area (Å²) in [5, 5.41) is 10.7. The molecule has 0 unspecified atom stereocenters. The predicted molar refractivity (Wildman–Crippen MR) is 65.1 cm³/mol. The van der Waals surface area contributed by atoms with Gasteiger partial charge < -0.3 is 10.4 Å². The molecule has 0 atom stereocenters. The number of hydrogen-bond donors (Lipinski definition) is 2. The Kier molecular flexibility index (Phi) is 4.57. The van der Waals surface area contributed by atoms with Gasteiger partial charge >= 0.3 is 5.97 Å². The van der Waals surface area contributed by atoms with Crippen molar-refractivity contribution in [2.24, 2.45) is 0 Å². The molecule has 1 rings (SSSR count). The van der Waals surface area contributed by atoms with E-state index < -0.39 is 21.9 Å². The summed E-state index contributed by atoms with van der Waals surface area (Å²) in [7, 11) is -1.29. The summed E-state index contributed by atoms with van der Waals surface area (Å²) in [5.41, 5.74) is -0.118. The lowest BCUT2D eigenvalue weighted by molar-refractivity contribution is -0.120. The third-order valence-corrected chi connectivity index (χ3v) is 4.02. The number of likely N-dealkylation sites (N-methyl/N-ethyl adjacent to an activating group) is 2. The fraction of sp³-hybridized carbons (Fsp3) is 0.300. The van der Waals surface area contributed by atoms with Gasteiger partial charge in [0.15, 0.2) is 5.03 Å². The molecule has 0 bridgehead atoms. The average Bonchev–Trinajstić information content (AvgIpc) is 2.38. The van der Waals surface area contributed by atoms with Crippen molar-refractivity contribution in [1.82, 2.24) is 14.6 Å². The highest BCUT2D eigenvalue weighted by atomic mass is 32.2. The van der Waals surface area contributed by atoms with Crippen LogP contribution in [0.1, 0.15) is 10.4 Å². The third-order valence-electron chi connectivity index (χ3n) is 2.30. The number of nitrogens with zero attached hydrogens (tertiary/aromatic N) is 2. The molecule has 1 amide bonds. The van der Waals surface area contributed by atoms with Gasteiger partial charge in [0.2, 0.25) is 5.91 Å². The van der Waals surface area contributed by atoms with Gasteiger partial charge in [-0.3, -0.25) is 4.79 Å². The van der Waals surface area contributed by atoms with Gasteiger partial charge in [0.1, 0.15) is 0 Å². The van der Waals surface area contributed by atoms with Gasteiger partial charge in [-0.15, -0.1) is 0 Å². The molecule has 9 heteroatoms. The first kappa shape index (κ1) is 15.1. The number of carbonyl (C=O) groups excluding carboxylic acids is 1. The van der Waals surface area contributed by atoms with Crippen molar-refractivity contribution in [3.63, 3.8) is 0 Å². The Bertz CT molecular complexity index is 582. The van der Waals surface area contributed by atoms with Gasteiger partial charge in [-0.2, -0.15) is 4.31 Å². The van der Waals surface area contributed by atoms with E-state index in [4.69, 9.17) is 5.11 Å². The van der Waals surface area contributed by atoms with Crippen molar-refractivity contribution in [2.75, 3.05) is 20.6 Å². The second kappa shape index (κ2) is 5.76. The fourth-order valence-electron chi connectivity index (χ4n) is 1.19. The van der Waals surface area contributed by atoms with Gasteiger partial charge in [0.05, 0.1) is 12.1 Å². The maximum Gasteiger partial charge on any atom is 0.337 e. The van der Waals surface area contributed by atoms with Gasteiger partial charge in [-0.05, 0) is 12.1 Å². The van der Waals surface area contributed by atoms with Gasteiger partial charge in [-0.25, -0.2) is 18.2 Å². The zero-order valence-corrected chi connectivity index (χ0v) is 11.1. The van der Waals surface area contributed by atoms with Crippen LogP contribution in [0, 0.1) is 0 Å². The first-order valence-electron chi connectivity index (χ1n) is 5.15. The molecule has 0 aliphatic carbocycles. The van der Waals surface area contributed by atoms with Crippen molar-refractivity contribution >= 4 is 21.9 Å². The summed E-state index contributed by atoms with van der Waals surface area (Å²) in [4.78, 5) is 25.3. The molecule has 19 heavy (non-hydrogen) atoms. The lowest BCUT2D eigenvalue weighted by atomic mass is 10.3. The molecule has 1 aromatic rings. The molecule has 0 aliphatic heterocycles. The largest absolute Gasteiger partial charge is 0.478 e. The van der Waals surface area contributed by atoms with Crippen LogP contribution in [0.3, 0.4) is 0 Å². The minimum Gasteiger partial charge on any atom is -0.478 e. The Labute approximate surface area is 110 Å². The highest BCUT2D eigenvalue weighted by Gasteiger charge is 2.24. The van der Waals surface area contributed by atoms with Crippen LogP contribution in [-0.2, 0) is 14.8 Å². The second-order valence-electron chi connectivity index (χ2n) is 3.62. The van der Waals surface area contributed by atoms with E-state index in [-0.39, 0.29) is 17.1 Å². The van der Waals surface area contributed by atoms with E-state index in [1.54, 1.807) is 0 Å². The lowest BCUT2D eigenvalue weighted by Gasteiger charge is -2.15. The number of rotatable bonds is 5. The van der Waals surface area contributed by atoms with E-state index in [1.807, 2.05) is 0 Å². The molecule has 104 valence electrons. The van der Waals surface area contributed by atoms with Crippen LogP contribution < -0.4 is 5.32 Å². The van der Waals surface area contributed by atoms with Gasteiger partial charge in [-0.1, -0.05) is 0 Å². The van der Waals surface area contributed by atoms with Gasteiger partial charge in [0.25, 0.3) is 10.0 Å². The van der Waals surface area contributed by atoms with E-state index >= 15 is 0 Å². The molecule has 2 N–H and O–H groups in total. The van der Waals surface area contributed by atoms with E-state index in [2.05, 4.69) is 10.3 Å². The molecule has 0 saturated heterocycles. The smallest absolute Gasteiger partial charge is 0.337 e. The van der Waals surface area contributed by atoms with E-state index in [1.165, 1.54) is 14.1 Å².